The molecule has 12 heteroatoms. The predicted molar refractivity (Wildman–Crippen MR) is 107 cm³/mol. The van der Waals surface area contributed by atoms with Crippen LogP contribution in [0.4, 0.5) is 24.7 Å². The Kier molecular flexibility index (Phi) is 6.53. The van der Waals surface area contributed by atoms with Gasteiger partial charge in [0.25, 0.3) is 5.91 Å². The third kappa shape index (κ3) is 5.71. The Morgan fingerprint density at radius 3 is 2.74 bits per heavy atom. The topological polar surface area (TPSA) is 115 Å². The van der Waals surface area contributed by atoms with Crippen molar-refractivity contribution < 1.29 is 31.1 Å². The summed E-state index contributed by atoms with van der Waals surface area (Å²) in [5.41, 5.74) is -1.30. The van der Waals surface area contributed by atoms with Crippen LogP contribution in [0.15, 0.2) is 41.4 Å². The Labute approximate surface area is 177 Å². The largest absolute Gasteiger partial charge is 0.417 e. The fourth-order valence-electron chi connectivity index (χ4n) is 3.17. The SMILES string of the molecule is C[C@H]1CN(c2ncc(C(F)(F)F)cc2C(=O)Nc2cccc(S(N)(=O)=O)c2)CCCO1. The van der Waals surface area contributed by atoms with Crippen molar-refractivity contribution in [2.75, 3.05) is 29.9 Å². The molecule has 1 aromatic carbocycles. The highest BCUT2D eigenvalue weighted by Crippen LogP contribution is 2.32. The van der Waals surface area contributed by atoms with Crippen LogP contribution in [0.2, 0.25) is 0 Å². The van der Waals surface area contributed by atoms with Gasteiger partial charge in [0, 0.05) is 31.6 Å². The molecule has 1 amide bonds. The molecule has 1 aliphatic rings. The van der Waals surface area contributed by atoms with Crippen LogP contribution < -0.4 is 15.4 Å². The first-order chi connectivity index (χ1) is 14.4. The first kappa shape index (κ1) is 23.0. The Hall–Kier alpha value is -2.70. The van der Waals surface area contributed by atoms with Gasteiger partial charge >= 0.3 is 6.18 Å². The number of nitrogens with one attached hydrogen (secondary N) is 1. The molecule has 3 N–H and O–H groups in total. The van der Waals surface area contributed by atoms with Gasteiger partial charge < -0.3 is 15.0 Å². The first-order valence-electron chi connectivity index (χ1n) is 9.33. The fourth-order valence-corrected chi connectivity index (χ4v) is 3.73. The number of rotatable bonds is 4. The monoisotopic (exact) mass is 458 g/mol. The van der Waals surface area contributed by atoms with Crippen LogP contribution in [0.1, 0.15) is 29.3 Å². The summed E-state index contributed by atoms with van der Waals surface area (Å²) < 4.78 is 68.4. The lowest BCUT2D eigenvalue weighted by Gasteiger charge is -2.25. The van der Waals surface area contributed by atoms with Gasteiger partial charge in [-0.15, -0.1) is 0 Å². The molecule has 0 radical (unpaired) electrons. The van der Waals surface area contributed by atoms with Crippen molar-refractivity contribution in [3.05, 3.63) is 47.7 Å². The Morgan fingerprint density at radius 2 is 2.06 bits per heavy atom. The van der Waals surface area contributed by atoms with E-state index in [4.69, 9.17) is 9.88 Å². The summed E-state index contributed by atoms with van der Waals surface area (Å²) in [6.07, 6.45) is -3.59. The van der Waals surface area contributed by atoms with Gasteiger partial charge in [0.05, 0.1) is 22.1 Å². The maximum Gasteiger partial charge on any atom is 0.417 e. The molecule has 0 spiro atoms. The fraction of sp³-hybridized carbons (Fsp3) is 0.368. The maximum absolute atomic E-state index is 13.3. The van der Waals surface area contributed by atoms with Crippen molar-refractivity contribution in [3.63, 3.8) is 0 Å². The number of primary sulfonamides is 1. The second-order valence-electron chi connectivity index (χ2n) is 7.10. The highest BCUT2D eigenvalue weighted by atomic mass is 32.2. The highest BCUT2D eigenvalue weighted by Gasteiger charge is 2.33. The summed E-state index contributed by atoms with van der Waals surface area (Å²) in [5, 5.41) is 7.52. The van der Waals surface area contributed by atoms with E-state index in [9.17, 15) is 26.4 Å². The van der Waals surface area contributed by atoms with E-state index < -0.39 is 27.7 Å². The van der Waals surface area contributed by atoms with Crippen LogP contribution in [0.25, 0.3) is 0 Å². The first-order valence-corrected chi connectivity index (χ1v) is 10.9. The number of halogens is 3. The molecule has 3 rings (SSSR count). The van der Waals surface area contributed by atoms with Crippen molar-refractivity contribution in [2.24, 2.45) is 5.14 Å². The summed E-state index contributed by atoms with van der Waals surface area (Å²) in [4.78, 5) is 18.3. The highest BCUT2D eigenvalue weighted by molar-refractivity contribution is 7.89. The number of amides is 1. The number of nitrogens with zero attached hydrogens (tertiary/aromatic N) is 2. The van der Waals surface area contributed by atoms with Crippen LogP contribution in [0.3, 0.4) is 0 Å². The maximum atomic E-state index is 13.3. The van der Waals surface area contributed by atoms with Gasteiger partial charge in [-0.1, -0.05) is 6.07 Å². The van der Waals surface area contributed by atoms with Crippen LogP contribution in [-0.4, -0.2) is 45.1 Å². The van der Waals surface area contributed by atoms with Crippen molar-refractivity contribution in [1.29, 1.82) is 0 Å². The number of ether oxygens (including phenoxy) is 1. The number of benzene rings is 1. The van der Waals surface area contributed by atoms with E-state index in [-0.39, 0.29) is 28.1 Å². The molecule has 0 bridgehead atoms. The zero-order valence-corrected chi connectivity index (χ0v) is 17.3. The third-order valence-corrected chi connectivity index (χ3v) is 5.52. The van der Waals surface area contributed by atoms with Gasteiger partial charge in [0.1, 0.15) is 5.82 Å². The molecule has 1 aliphatic heterocycles. The van der Waals surface area contributed by atoms with Gasteiger partial charge in [-0.25, -0.2) is 18.5 Å². The summed E-state index contributed by atoms with van der Waals surface area (Å²) >= 11 is 0. The Bertz CT molecular complexity index is 1080. The number of carbonyl (C=O) groups is 1. The number of sulfonamides is 1. The Morgan fingerprint density at radius 1 is 1.32 bits per heavy atom. The molecule has 1 atom stereocenters. The number of nitrogens with two attached hydrogens (primary N) is 1. The number of pyridine rings is 1. The smallest absolute Gasteiger partial charge is 0.377 e. The van der Waals surface area contributed by atoms with Gasteiger partial charge in [-0.3, -0.25) is 4.79 Å². The van der Waals surface area contributed by atoms with Crippen molar-refractivity contribution >= 4 is 27.4 Å². The van der Waals surface area contributed by atoms with E-state index in [0.29, 0.717) is 32.3 Å². The quantitative estimate of drug-likeness (QED) is 0.728. The number of hydrogen-bond acceptors (Lipinski definition) is 6. The molecule has 31 heavy (non-hydrogen) atoms. The van der Waals surface area contributed by atoms with E-state index >= 15 is 0 Å². The molecule has 1 aromatic heterocycles. The average molecular weight is 458 g/mol. The third-order valence-electron chi connectivity index (χ3n) is 4.61. The van der Waals surface area contributed by atoms with Gasteiger partial charge in [-0.05, 0) is 37.6 Å². The van der Waals surface area contributed by atoms with Crippen LogP contribution >= 0.6 is 0 Å². The predicted octanol–water partition coefficient (Wildman–Crippen LogP) is 2.62. The van der Waals surface area contributed by atoms with E-state index in [0.717, 1.165) is 12.1 Å². The van der Waals surface area contributed by atoms with Crippen molar-refractivity contribution in [3.8, 4) is 0 Å². The number of anilines is 2. The Balaban J connectivity index is 1.99. The molecule has 0 aliphatic carbocycles. The van der Waals surface area contributed by atoms with Crippen molar-refractivity contribution in [2.45, 2.75) is 30.5 Å². The lowest BCUT2D eigenvalue weighted by Crippen LogP contribution is -2.33. The molecule has 1 saturated heterocycles. The molecule has 2 heterocycles. The number of hydrogen-bond donors (Lipinski definition) is 2. The minimum absolute atomic E-state index is 0.0625. The second kappa shape index (κ2) is 8.81. The molecular formula is C19H21F3N4O4S. The van der Waals surface area contributed by atoms with E-state index in [1.807, 2.05) is 6.92 Å². The van der Waals surface area contributed by atoms with Crippen LogP contribution in [-0.2, 0) is 20.9 Å². The molecule has 168 valence electrons. The lowest BCUT2D eigenvalue weighted by molar-refractivity contribution is -0.137. The number of alkyl halides is 3. The minimum atomic E-state index is -4.69. The summed E-state index contributed by atoms with van der Waals surface area (Å²) in [6.45, 7) is 3.10. The van der Waals surface area contributed by atoms with Crippen LogP contribution in [0.5, 0.6) is 0 Å². The lowest BCUT2D eigenvalue weighted by atomic mass is 10.1. The average Bonchev–Trinajstić information content (AvgIpc) is 2.90. The summed E-state index contributed by atoms with van der Waals surface area (Å²) in [5.74, 6) is -0.775. The number of carbonyl (C=O) groups excluding carboxylic acids is 1. The molecule has 0 unspecified atom stereocenters. The van der Waals surface area contributed by atoms with Gasteiger partial charge in [0.15, 0.2) is 0 Å². The normalized spacial score (nSPS) is 17.8. The summed E-state index contributed by atoms with van der Waals surface area (Å²) in [6, 6.07) is 5.85. The van der Waals surface area contributed by atoms with Crippen LogP contribution in [0, 0.1) is 0 Å². The van der Waals surface area contributed by atoms with Crippen molar-refractivity contribution in [1.82, 2.24) is 4.98 Å². The molecule has 1 fully saturated rings. The zero-order valence-electron chi connectivity index (χ0n) is 16.5. The second-order valence-corrected chi connectivity index (χ2v) is 8.66. The van der Waals surface area contributed by atoms with E-state index in [1.54, 1.807) is 4.90 Å². The van der Waals surface area contributed by atoms with E-state index in [1.165, 1.54) is 18.2 Å². The van der Waals surface area contributed by atoms with E-state index in [2.05, 4.69) is 10.3 Å². The molecular weight excluding hydrogens is 437 g/mol. The zero-order chi connectivity index (χ0) is 22.8. The van der Waals surface area contributed by atoms with Gasteiger partial charge in [0.2, 0.25) is 10.0 Å². The minimum Gasteiger partial charge on any atom is -0.377 e. The molecule has 2 aromatic rings. The standard InChI is InChI=1S/C19H21F3N4O4S/c1-12-11-26(6-3-7-30-12)17-16(8-13(10-24-17)19(20,21)22)18(27)25-14-4-2-5-15(9-14)31(23,28)29/h2,4-5,8-10,12H,3,6-7,11H2,1H3,(H,25,27)(H2,23,28,29)/t12-/m0/s1. The van der Waals surface area contributed by atoms with Gasteiger partial charge in [-0.2, -0.15) is 13.2 Å². The molecule has 8 nitrogen and oxygen atoms in total. The molecule has 0 saturated carbocycles. The number of aromatic nitrogens is 1. The summed E-state index contributed by atoms with van der Waals surface area (Å²) in [7, 11) is -4.02.